The van der Waals surface area contributed by atoms with Gasteiger partial charge in [-0.15, -0.1) is 0 Å². The Balaban J connectivity index is 2.47. The number of para-hydroxylation sites is 1. The predicted octanol–water partition coefficient (Wildman–Crippen LogP) is 1.29. The Bertz CT molecular complexity index is 936. The summed E-state index contributed by atoms with van der Waals surface area (Å²) < 4.78 is 26.5. The molecule has 2 aromatic carbocycles. The number of aromatic hydroxyl groups is 2. The van der Waals surface area contributed by atoms with E-state index in [-0.39, 0.29) is 5.69 Å². The summed E-state index contributed by atoms with van der Waals surface area (Å²) in [7, 11) is -4.33. The number of carbonyl (C=O) groups is 2. The fraction of sp³-hybridized carbons (Fsp3) is 0. The van der Waals surface area contributed by atoms with Crippen molar-refractivity contribution in [2.24, 2.45) is 0 Å². The number of phenols is 2. The van der Waals surface area contributed by atoms with Crippen LogP contribution in [0.1, 0.15) is 20.7 Å². The Morgan fingerprint density at radius 3 is 2.12 bits per heavy atom. The molecule has 0 aliphatic rings. The molecule has 0 bridgehead atoms. The molecule has 5 N–H and O–H groups in total. The lowest BCUT2D eigenvalue weighted by atomic mass is 10.2. The topological polar surface area (TPSA) is 161 Å². The van der Waals surface area contributed by atoms with Gasteiger partial charge in [-0.1, -0.05) is 6.07 Å². The minimum absolute atomic E-state index is 0.389. The number of hydrogen-bond acceptors (Lipinski definition) is 6. The zero-order chi connectivity index (χ0) is 18.1. The lowest BCUT2D eigenvalue weighted by Gasteiger charge is -2.11. The van der Waals surface area contributed by atoms with Crippen LogP contribution < -0.4 is 4.72 Å². The van der Waals surface area contributed by atoms with E-state index in [2.05, 4.69) is 0 Å². The summed E-state index contributed by atoms with van der Waals surface area (Å²) in [6, 6.07) is 6.03. The molecule has 2 rings (SSSR count). The summed E-state index contributed by atoms with van der Waals surface area (Å²) in [6.07, 6.45) is 0. The van der Waals surface area contributed by atoms with E-state index >= 15 is 0 Å². The highest BCUT2D eigenvalue weighted by atomic mass is 32.2. The zero-order valence-corrected chi connectivity index (χ0v) is 12.6. The monoisotopic (exact) mass is 353 g/mol. The number of nitrogens with one attached hydrogen (secondary N) is 1. The first-order chi connectivity index (χ1) is 11.1. The molecule has 24 heavy (non-hydrogen) atoms. The molecule has 0 aliphatic carbocycles. The van der Waals surface area contributed by atoms with Crippen LogP contribution in [-0.4, -0.2) is 40.8 Å². The summed E-state index contributed by atoms with van der Waals surface area (Å²) in [5.74, 6) is -4.38. The number of anilines is 1. The highest BCUT2D eigenvalue weighted by molar-refractivity contribution is 7.92. The van der Waals surface area contributed by atoms with Gasteiger partial charge < -0.3 is 20.4 Å². The van der Waals surface area contributed by atoms with Crippen LogP contribution in [0.2, 0.25) is 0 Å². The van der Waals surface area contributed by atoms with Crippen LogP contribution in [0.5, 0.6) is 11.5 Å². The molecule has 0 amide bonds. The summed E-state index contributed by atoms with van der Waals surface area (Å²) in [5.41, 5.74) is -1.52. The van der Waals surface area contributed by atoms with Crippen molar-refractivity contribution in [3.8, 4) is 11.5 Å². The molecule has 0 unspecified atom stereocenters. The van der Waals surface area contributed by atoms with Crippen LogP contribution in [0, 0.1) is 0 Å². The summed E-state index contributed by atoms with van der Waals surface area (Å²) >= 11 is 0. The number of carboxylic acids is 2. The van der Waals surface area contributed by atoms with E-state index in [4.69, 9.17) is 10.2 Å². The fourth-order valence-corrected chi connectivity index (χ4v) is 2.95. The second-order valence-corrected chi connectivity index (χ2v) is 6.28. The number of carboxylic acid groups (broad SMARTS) is 2. The molecule has 9 nitrogen and oxygen atoms in total. The standard InChI is InChI=1S/C14H11NO8S/c16-11-5-4-7(6-9(11)14(20)21)24(22,23)15-10-3-1-2-8(12(10)17)13(18)19/h1-6,15-17H,(H,18,19)(H,20,21). The lowest BCUT2D eigenvalue weighted by molar-refractivity contribution is 0.0682. The molecule has 126 valence electrons. The molecular weight excluding hydrogens is 342 g/mol. The number of sulfonamides is 1. The first-order valence-electron chi connectivity index (χ1n) is 6.28. The van der Waals surface area contributed by atoms with Gasteiger partial charge in [0.25, 0.3) is 10.0 Å². The molecule has 0 atom stereocenters. The molecular formula is C14H11NO8S. The van der Waals surface area contributed by atoms with Crippen LogP contribution >= 0.6 is 0 Å². The molecule has 0 aromatic heterocycles. The molecule has 2 aromatic rings. The Hall–Kier alpha value is -3.27. The first-order valence-corrected chi connectivity index (χ1v) is 7.76. The smallest absolute Gasteiger partial charge is 0.339 e. The average Bonchev–Trinajstić information content (AvgIpc) is 2.48. The highest BCUT2D eigenvalue weighted by Crippen LogP contribution is 2.30. The molecule has 10 heteroatoms. The number of benzene rings is 2. The third-order valence-corrected chi connectivity index (χ3v) is 4.38. The van der Waals surface area contributed by atoms with Crippen molar-refractivity contribution in [3.63, 3.8) is 0 Å². The van der Waals surface area contributed by atoms with Crippen molar-refractivity contribution >= 4 is 27.6 Å². The molecule has 0 aliphatic heterocycles. The quantitative estimate of drug-likeness (QED) is 0.502. The van der Waals surface area contributed by atoms with Crippen LogP contribution in [0.25, 0.3) is 0 Å². The Morgan fingerprint density at radius 2 is 1.54 bits per heavy atom. The maximum absolute atomic E-state index is 12.3. The van der Waals surface area contributed by atoms with Gasteiger partial charge in [0.2, 0.25) is 0 Å². The van der Waals surface area contributed by atoms with Crippen LogP contribution in [0.15, 0.2) is 41.3 Å². The third-order valence-electron chi connectivity index (χ3n) is 3.02. The molecule has 0 heterocycles. The maximum atomic E-state index is 12.3. The summed E-state index contributed by atoms with van der Waals surface area (Å²) in [5, 5.41) is 37.0. The van der Waals surface area contributed by atoms with E-state index in [1.807, 2.05) is 4.72 Å². The predicted molar refractivity (Wildman–Crippen MR) is 80.9 cm³/mol. The van der Waals surface area contributed by atoms with Gasteiger partial charge in [0.05, 0.1) is 10.6 Å². The van der Waals surface area contributed by atoms with E-state index in [1.54, 1.807) is 0 Å². The fourth-order valence-electron chi connectivity index (χ4n) is 1.86. The van der Waals surface area contributed by atoms with E-state index in [0.29, 0.717) is 0 Å². The van der Waals surface area contributed by atoms with E-state index in [9.17, 15) is 28.2 Å². The Labute approximate surface area is 135 Å². The SMILES string of the molecule is O=C(O)c1cc(S(=O)(=O)Nc2cccc(C(=O)O)c2O)ccc1O. The van der Waals surface area contributed by atoms with Crippen molar-refractivity contribution in [1.82, 2.24) is 0 Å². The van der Waals surface area contributed by atoms with Gasteiger partial charge in [-0.05, 0) is 30.3 Å². The number of aromatic carboxylic acids is 2. The number of rotatable bonds is 5. The average molecular weight is 353 g/mol. The summed E-state index contributed by atoms with van der Waals surface area (Å²) in [6.45, 7) is 0. The van der Waals surface area contributed by atoms with E-state index < -0.39 is 49.5 Å². The third kappa shape index (κ3) is 3.22. The maximum Gasteiger partial charge on any atom is 0.339 e. The van der Waals surface area contributed by atoms with Crippen molar-refractivity contribution in [2.45, 2.75) is 4.90 Å². The Morgan fingerprint density at radius 1 is 0.917 bits per heavy atom. The first kappa shape index (κ1) is 17.1. The lowest BCUT2D eigenvalue weighted by Crippen LogP contribution is -2.14. The van der Waals surface area contributed by atoms with E-state index in [1.165, 1.54) is 6.07 Å². The molecule has 0 radical (unpaired) electrons. The van der Waals surface area contributed by atoms with Crippen molar-refractivity contribution in [3.05, 3.63) is 47.5 Å². The van der Waals surface area contributed by atoms with E-state index in [0.717, 1.165) is 30.3 Å². The van der Waals surface area contributed by atoms with Crippen LogP contribution in [0.4, 0.5) is 5.69 Å². The second-order valence-electron chi connectivity index (χ2n) is 4.60. The van der Waals surface area contributed by atoms with Gasteiger partial charge in [0, 0.05) is 0 Å². The molecule has 0 saturated heterocycles. The largest absolute Gasteiger partial charge is 0.507 e. The summed E-state index contributed by atoms with van der Waals surface area (Å²) in [4.78, 5) is 21.4. The normalized spacial score (nSPS) is 11.0. The van der Waals surface area contributed by atoms with Gasteiger partial charge in [-0.2, -0.15) is 0 Å². The van der Waals surface area contributed by atoms with Crippen molar-refractivity contribution in [1.29, 1.82) is 0 Å². The second kappa shape index (κ2) is 6.08. The highest BCUT2D eigenvalue weighted by Gasteiger charge is 2.21. The molecule has 0 saturated carbocycles. The minimum atomic E-state index is -4.33. The van der Waals surface area contributed by atoms with Crippen molar-refractivity contribution in [2.75, 3.05) is 4.72 Å². The van der Waals surface area contributed by atoms with Gasteiger partial charge in [0.1, 0.15) is 16.9 Å². The van der Waals surface area contributed by atoms with Gasteiger partial charge in [0.15, 0.2) is 5.75 Å². The number of hydrogen-bond donors (Lipinski definition) is 5. The zero-order valence-electron chi connectivity index (χ0n) is 11.8. The van der Waals surface area contributed by atoms with Gasteiger partial charge >= 0.3 is 11.9 Å². The Kier molecular flexibility index (Phi) is 4.33. The van der Waals surface area contributed by atoms with Gasteiger partial charge in [-0.25, -0.2) is 18.0 Å². The van der Waals surface area contributed by atoms with Crippen LogP contribution in [0.3, 0.4) is 0 Å². The molecule has 0 spiro atoms. The molecule has 0 fully saturated rings. The van der Waals surface area contributed by atoms with Crippen LogP contribution in [-0.2, 0) is 10.0 Å². The minimum Gasteiger partial charge on any atom is -0.507 e. The van der Waals surface area contributed by atoms with Crippen molar-refractivity contribution < 1.29 is 38.4 Å². The van der Waals surface area contributed by atoms with Gasteiger partial charge in [-0.3, -0.25) is 4.72 Å².